The number of anilines is 1. The third-order valence-corrected chi connectivity index (χ3v) is 3.34. The summed E-state index contributed by atoms with van der Waals surface area (Å²) in [4.78, 5) is 2.49. The molecule has 2 rings (SSSR count). The zero-order chi connectivity index (χ0) is 10.1. The largest absolute Gasteiger partial charge is 0.371 e. The minimum absolute atomic E-state index is 0.675. The summed E-state index contributed by atoms with van der Waals surface area (Å²) in [5, 5.41) is 0. The Morgan fingerprint density at radius 2 is 2.29 bits per heavy atom. The van der Waals surface area contributed by atoms with Crippen LogP contribution in [-0.4, -0.2) is 13.1 Å². The molecule has 0 bridgehead atoms. The maximum absolute atomic E-state index is 3.53. The second-order valence-corrected chi connectivity index (χ2v) is 4.97. The number of fused-ring (bicyclic) bond motifs is 1. The minimum atomic E-state index is 0.675. The van der Waals surface area contributed by atoms with Crippen molar-refractivity contribution >= 4 is 21.6 Å². The first-order chi connectivity index (χ1) is 6.72. The molecule has 1 unspecified atom stereocenters. The number of hydrogen-bond acceptors (Lipinski definition) is 1. The Balaban J connectivity index is 2.34. The number of halogens is 1. The van der Waals surface area contributed by atoms with Gasteiger partial charge in [-0.15, -0.1) is 0 Å². The number of nitrogens with zero attached hydrogens (tertiary/aromatic N) is 1. The summed E-state index contributed by atoms with van der Waals surface area (Å²) in [5.41, 5.74) is 2.93. The van der Waals surface area contributed by atoms with Crippen LogP contribution in [-0.2, 0) is 0 Å². The van der Waals surface area contributed by atoms with Gasteiger partial charge in [-0.25, -0.2) is 0 Å². The molecule has 1 aliphatic heterocycles. The molecule has 1 atom stereocenters. The first-order valence-electron chi connectivity index (χ1n) is 5.26. The zero-order valence-corrected chi connectivity index (χ0v) is 10.3. The molecule has 0 fully saturated rings. The van der Waals surface area contributed by atoms with Crippen LogP contribution in [0.15, 0.2) is 22.7 Å². The lowest BCUT2D eigenvalue weighted by Gasteiger charge is -2.18. The predicted octanol–water partition coefficient (Wildman–Crippen LogP) is 3.78. The topological polar surface area (TPSA) is 3.24 Å². The molecule has 14 heavy (non-hydrogen) atoms. The molecule has 0 amide bonds. The maximum atomic E-state index is 3.53. The Kier molecular flexibility index (Phi) is 2.82. The van der Waals surface area contributed by atoms with E-state index in [1.165, 1.54) is 35.2 Å². The van der Waals surface area contributed by atoms with E-state index < -0.39 is 0 Å². The third-order valence-electron chi connectivity index (χ3n) is 2.85. The Labute approximate surface area is 94.2 Å². The first-order valence-corrected chi connectivity index (χ1v) is 6.06. The lowest BCUT2D eigenvalue weighted by Crippen LogP contribution is -2.21. The molecule has 0 N–H and O–H groups in total. The zero-order valence-electron chi connectivity index (χ0n) is 8.76. The van der Waals surface area contributed by atoms with Crippen molar-refractivity contribution in [1.29, 1.82) is 0 Å². The van der Waals surface area contributed by atoms with Crippen LogP contribution in [0.3, 0.4) is 0 Å². The summed E-state index contributed by atoms with van der Waals surface area (Å²) >= 11 is 3.53. The van der Waals surface area contributed by atoms with Gasteiger partial charge in [-0.05, 0) is 30.2 Å². The van der Waals surface area contributed by atoms with E-state index in [0.717, 1.165) is 0 Å². The van der Waals surface area contributed by atoms with Crippen molar-refractivity contribution in [3.05, 3.63) is 28.2 Å². The molecule has 1 aromatic rings. The van der Waals surface area contributed by atoms with Crippen LogP contribution in [0.4, 0.5) is 5.69 Å². The van der Waals surface area contributed by atoms with Gasteiger partial charge in [0.2, 0.25) is 0 Å². The standard InChI is InChI=1S/C12H16BrN/c1-3-6-14-8-9(2)11-7-10(13)4-5-12(11)14/h4-5,7,9H,3,6,8H2,1-2H3. The normalized spacial score (nSPS) is 19.9. The summed E-state index contributed by atoms with van der Waals surface area (Å²) in [7, 11) is 0. The summed E-state index contributed by atoms with van der Waals surface area (Å²) in [6.07, 6.45) is 1.22. The Morgan fingerprint density at radius 1 is 1.50 bits per heavy atom. The van der Waals surface area contributed by atoms with E-state index in [1.807, 2.05) is 0 Å². The van der Waals surface area contributed by atoms with Gasteiger partial charge in [0.1, 0.15) is 0 Å². The molecule has 1 aromatic carbocycles. The predicted molar refractivity (Wildman–Crippen MR) is 65.1 cm³/mol. The van der Waals surface area contributed by atoms with E-state index in [4.69, 9.17) is 0 Å². The van der Waals surface area contributed by atoms with Gasteiger partial charge in [-0.2, -0.15) is 0 Å². The van der Waals surface area contributed by atoms with Crippen LogP contribution in [0, 0.1) is 0 Å². The highest BCUT2D eigenvalue weighted by atomic mass is 79.9. The Bertz CT molecular complexity index is 335. The number of rotatable bonds is 2. The lowest BCUT2D eigenvalue weighted by molar-refractivity contribution is 0.731. The highest BCUT2D eigenvalue weighted by molar-refractivity contribution is 9.10. The SMILES string of the molecule is CCCN1CC(C)c2cc(Br)ccc21. The first kappa shape index (κ1) is 10.0. The van der Waals surface area contributed by atoms with Crippen molar-refractivity contribution in [2.45, 2.75) is 26.2 Å². The van der Waals surface area contributed by atoms with Crippen LogP contribution < -0.4 is 4.90 Å². The van der Waals surface area contributed by atoms with Gasteiger partial charge in [-0.1, -0.05) is 29.8 Å². The van der Waals surface area contributed by atoms with E-state index in [2.05, 4.69) is 52.9 Å². The van der Waals surface area contributed by atoms with Crippen molar-refractivity contribution < 1.29 is 0 Å². The summed E-state index contributed by atoms with van der Waals surface area (Å²) in [5.74, 6) is 0.675. The average Bonchev–Trinajstić information content (AvgIpc) is 2.44. The van der Waals surface area contributed by atoms with E-state index in [0.29, 0.717) is 5.92 Å². The smallest absolute Gasteiger partial charge is 0.0403 e. The van der Waals surface area contributed by atoms with Crippen molar-refractivity contribution in [1.82, 2.24) is 0 Å². The molecule has 1 nitrogen and oxygen atoms in total. The average molecular weight is 254 g/mol. The summed E-state index contributed by atoms with van der Waals surface area (Å²) in [6.45, 7) is 6.90. The second kappa shape index (κ2) is 3.93. The molecule has 0 aliphatic carbocycles. The fourth-order valence-electron chi connectivity index (χ4n) is 2.22. The van der Waals surface area contributed by atoms with E-state index in [-0.39, 0.29) is 0 Å². The summed E-state index contributed by atoms with van der Waals surface area (Å²) in [6, 6.07) is 6.63. The third kappa shape index (κ3) is 1.68. The van der Waals surface area contributed by atoms with Gasteiger partial charge < -0.3 is 4.90 Å². The second-order valence-electron chi connectivity index (χ2n) is 4.05. The molecule has 0 spiro atoms. The molecule has 1 aliphatic rings. The van der Waals surface area contributed by atoms with Gasteiger partial charge >= 0.3 is 0 Å². The van der Waals surface area contributed by atoms with Gasteiger partial charge in [0.05, 0.1) is 0 Å². The lowest BCUT2D eigenvalue weighted by atomic mass is 10.0. The molecular weight excluding hydrogens is 238 g/mol. The minimum Gasteiger partial charge on any atom is -0.371 e. The molecule has 0 saturated carbocycles. The maximum Gasteiger partial charge on any atom is 0.0403 e. The van der Waals surface area contributed by atoms with Crippen LogP contribution in [0.2, 0.25) is 0 Å². The van der Waals surface area contributed by atoms with Crippen molar-refractivity contribution in [3.63, 3.8) is 0 Å². The van der Waals surface area contributed by atoms with E-state index in [9.17, 15) is 0 Å². The summed E-state index contributed by atoms with van der Waals surface area (Å²) < 4.78 is 1.20. The van der Waals surface area contributed by atoms with Gasteiger partial charge in [-0.3, -0.25) is 0 Å². The fraction of sp³-hybridized carbons (Fsp3) is 0.500. The van der Waals surface area contributed by atoms with Crippen LogP contribution in [0.1, 0.15) is 31.7 Å². The Hall–Kier alpha value is -0.500. The van der Waals surface area contributed by atoms with E-state index >= 15 is 0 Å². The van der Waals surface area contributed by atoms with Crippen LogP contribution >= 0.6 is 15.9 Å². The van der Waals surface area contributed by atoms with Crippen molar-refractivity contribution in [3.8, 4) is 0 Å². The quantitative estimate of drug-likeness (QED) is 0.776. The molecular formula is C12H16BrN. The molecule has 76 valence electrons. The van der Waals surface area contributed by atoms with Gasteiger partial charge in [0.15, 0.2) is 0 Å². The van der Waals surface area contributed by atoms with Crippen molar-refractivity contribution in [2.75, 3.05) is 18.0 Å². The fourth-order valence-corrected chi connectivity index (χ4v) is 2.60. The van der Waals surface area contributed by atoms with Crippen LogP contribution in [0.25, 0.3) is 0 Å². The monoisotopic (exact) mass is 253 g/mol. The van der Waals surface area contributed by atoms with E-state index in [1.54, 1.807) is 0 Å². The molecule has 0 radical (unpaired) electrons. The Morgan fingerprint density at radius 3 is 3.00 bits per heavy atom. The van der Waals surface area contributed by atoms with Crippen LogP contribution in [0.5, 0.6) is 0 Å². The molecule has 0 saturated heterocycles. The highest BCUT2D eigenvalue weighted by Gasteiger charge is 2.24. The van der Waals surface area contributed by atoms with Gasteiger partial charge in [0.25, 0.3) is 0 Å². The molecule has 2 heteroatoms. The van der Waals surface area contributed by atoms with Crippen molar-refractivity contribution in [2.24, 2.45) is 0 Å². The number of benzene rings is 1. The molecule has 1 heterocycles. The molecule has 0 aromatic heterocycles. The van der Waals surface area contributed by atoms with Gasteiger partial charge in [0, 0.05) is 29.2 Å². The number of hydrogen-bond donors (Lipinski definition) is 0. The highest BCUT2D eigenvalue weighted by Crippen LogP contribution is 2.37.